The van der Waals surface area contributed by atoms with E-state index in [4.69, 9.17) is 14.6 Å². The summed E-state index contributed by atoms with van der Waals surface area (Å²) >= 11 is 0. The van der Waals surface area contributed by atoms with E-state index in [1.165, 1.54) is 6.92 Å². The molecular weight excluding hydrogens is 260 g/mol. The SMILES string of the molecule is CCOCCOC(=O)C(CC)S(=O)C(C)C(=O)O. The van der Waals surface area contributed by atoms with Crippen molar-refractivity contribution in [1.82, 2.24) is 0 Å². The van der Waals surface area contributed by atoms with Crippen LogP contribution in [0.4, 0.5) is 0 Å². The third-order valence-corrected chi connectivity index (χ3v) is 4.27. The van der Waals surface area contributed by atoms with Crippen LogP contribution in [-0.2, 0) is 29.9 Å². The van der Waals surface area contributed by atoms with E-state index in [9.17, 15) is 13.8 Å². The number of carboxylic acids is 1. The molecule has 0 aliphatic heterocycles. The van der Waals surface area contributed by atoms with Gasteiger partial charge in [-0.15, -0.1) is 0 Å². The molecule has 0 fully saturated rings. The number of carbonyl (C=O) groups excluding carboxylic acids is 1. The minimum Gasteiger partial charge on any atom is -0.480 e. The zero-order valence-corrected chi connectivity index (χ0v) is 11.7. The van der Waals surface area contributed by atoms with Gasteiger partial charge in [-0.2, -0.15) is 0 Å². The minimum absolute atomic E-state index is 0.0851. The molecule has 0 rings (SSSR count). The Morgan fingerprint density at radius 3 is 2.33 bits per heavy atom. The molecule has 3 atom stereocenters. The molecule has 0 aromatic heterocycles. The molecule has 0 amide bonds. The maximum atomic E-state index is 11.8. The third-order valence-electron chi connectivity index (χ3n) is 2.29. The smallest absolute Gasteiger partial charge is 0.321 e. The topological polar surface area (TPSA) is 89.9 Å². The van der Waals surface area contributed by atoms with Gasteiger partial charge in [0.2, 0.25) is 0 Å². The third kappa shape index (κ3) is 5.59. The van der Waals surface area contributed by atoms with Gasteiger partial charge in [0.25, 0.3) is 0 Å². The zero-order valence-electron chi connectivity index (χ0n) is 10.9. The van der Waals surface area contributed by atoms with E-state index in [2.05, 4.69) is 0 Å². The highest BCUT2D eigenvalue weighted by atomic mass is 32.2. The number of aliphatic carboxylic acids is 1. The summed E-state index contributed by atoms with van der Waals surface area (Å²) in [6.45, 7) is 5.69. The van der Waals surface area contributed by atoms with Crippen molar-refractivity contribution in [1.29, 1.82) is 0 Å². The van der Waals surface area contributed by atoms with Crippen molar-refractivity contribution in [2.45, 2.75) is 37.7 Å². The number of ether oxygens (including phenoxy) is 2. The van der Waals surface area contributed by atoms with Crippen molar-refractivity contribution in [3.63, 3.8) is 0 Å². The normalized spacial score (nSPS) is 15.7. The number of esters is 1. The van der Waals surface area contributed by atoms with Crippen molar-refractivity contribution in [2.75, 3.05) is 19.8 Å². The molecule has 3 unspecified atom stereocenters. The molecule has 6 nitrogen and oxygen atoms in total. The van der Waals surface area contributed by atoms with Crippen LogP contribution in [-0.4, -0.2) is 51.6 Å². The molecule has 0 heterocycles. The van der Waals surface area contributed by atoms with E-state index in [1.54, 1.807) is 6.92 Å². The van der Waals surface area contributed by atoms with Crippen LogP contribution in [0.2, 0.25) is 0 Å². The van der Waals surface area contributed by atoms with E-state index in [-0.39, 0.29) is 19.6 Å². The van der Waals surface area contributed by atoms with Gasteiger partial charge in [-0.1, -0.05) is 6.92 Å². The quantitative estimate of drug-likeness (QED) is 0.490. The first kappa shape index (κ1) is 17.1. The summed E-state index contributed by atoms with van der Waals surface area (Å²) in [4.78, 5) is 22.4. The van der Waals surface area contributed by atoms with Crippen LogP contribution in [0.25, 0.3) is 0 Å². The first-order valence-electron chi connectivity index (χ1n) is 5.82. The Labute approximate surface area is 109 Å². The van der Waals surface area contributed by atoms with Gasteiger partial charge >= 0.3 is 11.9 Å². The monoisotopic (exact) mass is 280 g/mol. The lowest BCUT2D eigenvalue weighted by Gasteiger charge is -2.16. The lowest BCUT2D eigenvalue weighted by molar-refractivity contribution is -0.144. The molecule has 106 valence electrons. The Morgan fingerprint density at radius 2 is 1.89 bits per heavy atom. The molecule has 0 aromatic carbocycles. The van der Waals surface area contributed by atoms with E-state index in [0.29, 0.717) is 6.61 Å². The average Bonchev–Trinajstić information content (AvgIpc) is 2.34. The predicted molar refractivity (Wildman–Crippen MR) is 66.8 cm³/mol. The number of rotatable bonds is 9. The zero-order chi connectivity index (χ0) is 14.1. The van der Waals surface area contributed by atoms with Gasteiger partial charge < -0.3 is 14.6 Å². The fourth-order valence-corrected chi connectivity index (χ4v) is 2.49. The molecular formula is C11H20O6S. The van der Waals surface area contributed by atoms with Gasteiger partial charge in [0, 0.05) is 17.4 Å². The summed E-state index contributed by atoms with van der Waals surface area (Å²) in [6, 6.07) is 0. The van der Waals surface area contributed by atoms with Crippen molar-refractivity contribution in [3.05, 3.63) is 0 Å². The molecule has 0 spiro atoms. The Hall–Kier alpha value is -0.950. The van der Waals surface area contributed by atoms with Crippen molar-refractivity contribution in [3.8, 4) is 0 Å². The van der Waals surface area contributed by atoms with Crippen LogP contribution < -0.4 is 0 Å². The largest absolute Gasteiger partial charge is 0.480 e. The number of carboxylic acid groups (broad SMARTS) is 1. The van der Waals surface area contributed by atoms with Crippen molar-refractivity contribution < 1.29 is 28.4 Å². The van der Waals surface area contributed by atoms with Crippen LogP contribution in [0.3, 0.4) is 0 Å². The summed E-state index contributed by atoms with van der Waals surface area (Å²) in [5.41, 5.74) is 0. The molecule has 0 aromatic rings. The van der Waals surface area contributed by atoms with E-state index in [1.807, 2.05) is 6.92 Å². The van der Waals surface area contributed by atoms with Crippen LogP contribution in [0.15, 0.2) is 0 Å². The molecule has 0 radical (unpaired) electrons. The predicted octanol–water partition coefficient (Wildman–Crippen LogP) is 0.566. The summed E-state index contributed by atoms with van der Waals surface area (Å²) in [6.07, 6.45) is 0.275. The first-order chi connectivity index (χ1) is 8.45. The Balaban J connectivity index is 4.34. The Bertz CT molecular complexity index is 304. The highest BCUT2D eigenvalue weighted by Crippen LogP contribution is 2.10. The highest BCUT2D eigenvalue weighted by Gasteiger charge is 2.31. The number of hydrogen-bond acceptors (Lipinski definition) is 5. The lowest BCUT2D eigenvalue weighted by atomic mass is 10.3. The van der Waals surface area contributed by atoms with Gasteiger partial charge in [-0.05, 0) is 20.3 Å². The van der Waals surface area contributed by atoms with Gasteiger partial charge in [-0.25, -0.2) is 0 Å². The fourth-order valence-electron chi connectivity index (χ4n) is 1.21. The molecule has 18 heavy (non-hydrogen) atoms. The van der Waals surface area contributed by atoms with Crippen LogP contribution >= 0.6 is 0 Å². The summed E-state index contributed by atoms with van der Waals surface area (Å²) in [7, 11) is -1.78. The van der Waals surface area contributed by atoms with Crippen LogP contribution in [0, 0.1) is 0 Å². The van der Waals surface area contributed by atoms with E-state index < -0.39 is 33.2 Å². The summed E-state index contributed by atoms with van der Waals surface area (Å²) in [5, 5.41) is 6.77. The fraction of sp³-hybridized carbons (Fsp3) is 0.818. The second-order valence-electron chi connectivity index (χ2n) is 3.57. The molecule has 0 aliphatic rings. The summed E-state index contributed by atoms with van der Waals surface area (Å²) < 4.78 is 21.7. The molecule has 0 bridgehead atoms. The highest BCUT2D eigenvalue weighted by molar-refractivity contribution is 7.87. The van der Waals surface area contributed by atoms with E-state index >= 15 is 0 Å². The first-order valence-corrected chi connectivity index (χ1v) is 7.09. The van der Waals surface area contributed by atoms with Crippen molar-refractivity contribution in [2.24, 2.45) is 0 Å². The number of hydrogen-bond donors (Lipinski definition) is 1. The molecule has 0 saturated heterocycles. The van der Waals surface area contributed by atoms with Crippen LogP contribution in [0.1, 0.15) is 27.2 Å². The minimum atomic E-state index is -1.78. The van der Waals surface area contributed by atoms with Gasteiger partial charge in [0.15, 0.2) is 0 Å². The van der Waals surface area contributed by atoms with Crippen molar-refractivity contribution >= 4 is 22.7 Å². The van der Waals surface area contributed by atoms with Gasteiger partial charge in [0.1, 0.15) is 17.1 Å². The molecule has 7 heteroatoms. The van der Waals surface area contributed by atoms with Gasteiger partial charge in [-0.3, -0.25) is 13.8 Å². The van der Waals surface area contributed by atoms with Gasteiger partial charge in [0.05, 0.1) is 6.61 Å². The Kier molecular flexibility index (Phi) is 8.57. The van der Waals surface area contributed by atoms with E-state index in [0.717, 1.165) is 0 Å². The maximum absolute atomic E-state index is 11.8. The second kappa shape index (κ2) is 9.04. The summed E-state index contributed by atoms with van der Waals surface area (Å²) in [5.74, 6) is -1.82. The van der Waals surface area contributed by atoms with Crippen LogP contribution in [0.5, 0.6) is 0 Å². The molecule has 0 saturated carbocycles. The second-order valence-corrected chi connectivity index (χ2v) is 5.50. The average molecular weight is 280 g/mol. The Morgan fingerprint density at radius 1 is 1.28 bits per heavy atom. The standard InChI is InChI=1S/C11H20O6S/c1-4-9(18(15)8(3)10(12)13)11(14)17-7-6-16-5-2/h8-9H,4-7H2,1-3H3,(H,12,13). The number of carbonyl (C=O) groups is 2. The maximum Gasteiger partial charge on any atom is 0.321 e. The lowest BCUT2D eigenvalue weighted by Crippen LogP contribution is -2.36. The molecule has 0 aliphatic carbocycles. The molecule has 1 N–H and O–H groups in total.